The predicted octanol–water partition coefficient (Wildman–Crippen LogP) is 4.29. The highest BCUT2D eigenvalue weighted by Crippen LogP contribution is 2.30. The molecule has 11 heteroatoms. The molecule has 2 heterocycles. The molecular formula is C21H18Cl2F4N2O3. The van der Waals surface area contributed by atoms with E-state index in [1.807, 2.05) is 0 Å². The standard InChI is InChI=1S/C21H18Cl2F4N2O3/c22-7-19(31)29(9-12-1-3-14(4-2-12)21(25,26)27)20(13-10-32-11-13)18(30)6-17-16(24)5-15(23)8-28-17/h1-5,8,13,20H,6-7,9-11H2. The zero-order chi connectivity index (χ0) is 23.5. The maximum absolute atomic E-state index is 14.2. The third-order valence-electron chi connectivity index (χ3n) is 5.07. The molecule has 1 atom stereocenters. The van der Waals surface area contributed by atoms with Crippen molar-refractivity contribution in [2.45, 2.75) is 25.2 Å². The first-order chi connectivity index (χ1) is 15.1. The number of ether oxygens (including phenoxy) is 1. The van der Waals surface area contributed by atoms with Crippen LogP contribution in [0.25, 0.3) is 0 Å². The number of halogens is 6. The number of amides is 1. The Bertz CT molecular complexity index is 982. The summed E-state index contributed by atoms with van der Waals surface area (Å²) in [4.78, 5) is 30.8. The lowest BCUT2D eigenvalue weighted by Crippen LogP contribution is -2.55. The third kappa shape index (κ3) is 5.76. The molecule has 2 aromatic rings. The van der Waals surface area contributed by atoms with Gasteiger partial charge >= 0.3 is 6.18 Å². The molecule has 1 aromatic heterocycles. The van der Waals surface area contributed by atoms with Crippen LogP contribution in [-0.2, 0) is 33.5 Å². The molecule has 172 valence electrons. The van der Waals surface area contributed by atoms with Crippen molar-refractivity contribution >= 4 is 34.9 Å². The Morgan fingerprint density at radius 1 is 1.22 bits per heavy atom. The first-order valence-electron chi connectivity index (χ1n) is 9.52. The van der Waals surface area contributed by atoms with Crippen LogP contribution in [0.1, 0.15) is 16.8 Å². The van der Waals surface area contributed by atoms with Crippen molar-refractivity contribution in [1.82, 2.24) is 9.88 Å². The quantitative estimate of drug-likeness (QED) is 0.407. The van der Waals surface area contributed by atoms with Crippen LogP contribution in [0.15, 0.2) is 36.5 Å². The highest BCUT2D eigenvalue weighted by Gasteiger charge is 2.40. The lowest BCUT2D eigenvalue weighted by molar-refractivity contribution is -0.149. The average molecular weight is 493 g/mol. The van der Waals surface area contributed by atoms with Crippen molar-refractivity contribution < 1.29 is 31.9 Å². The molecule has 1 aromatic carbocycles. The number of nitrogens with zero attached hydrogens (tertiary/aromatic N) is 2. The molecule has 1 aliphatic rings. The Labute approximate surface area is 191 Å². The topological polar surface area (TPSA) is 59.5 Å². The van der Waals surface area contributed by atoms with Gasteiger partial charge in [0.1, 0.15) is 11.7 Å². The molecule has 1 unspecified atom stereocenters. The molecule has 0 radical (unpaired) electrons. The first kappa shape index (κ1) is 24.4. The molecule has 0 saturated carbocycles. The van der Waals surface area contributed by atoms with Gasteiger partial charge < -0.3 is 9.64 Å². The van der Waals surface area contributed by atoms with Crippen LogP contribution in [0.2, 0.25) is 5.02 Å². The van der Waals surface area contributed by atoms with Crippen molar-refractivity contribution in [3.05, 3.63) is 64.2 Å². The summed E-state index contributed by atoms with van der Waals surface area (Å²) in [5.74, 6) is -2.63. The maximum Gasteiger partial charge on any atom is 0.416 e. The summed E-state index contributed by atoms with van der Waals surface area (Å²) in [6, 6.07) is 4.29. The Kier molecular flexibility index (Phi) is 7.74. The molecule has 1 fully saturated rings. The highest BCUT2D eigenvalue weighted by atomic mass is 35.5. The number of pyridine rings is 1. The predicted molar refractivity (Wildman–Crippen MR) is 109 cm³/mol. The molecule has 0 aliphatic carbocycles. The molecule has 1 amide bonds. The van der Waals surface area contributed by atoms with Gasteiger partial charge in [0, 0.05) is 18.7 Å². The van der Waals surface area contributed by atoms with Crippen molar-refractivity contribution in [2.24, 2.45) is 5.92 Å². The van der Waals surface area contributed by atoms with E-state index in [1.165, 1.54) is 23.2 Å². The summed E-state index contributed by atoms with van der Waals surface area (Å²) in [5, 5.41) is 0.0730. The van der Waals surface area contributed by atoms with Gasteiger partial charge in [0.15, 0.2) is 5.78 Å². The van der Waals surface area contributed by atoms with Gasteiger partial charge in [0.05, 0.1) is 42.0 Å². The second kappa shape index (κ2) is 10.1. The smallest absolute Gasteiger partial charge is 0.380 e. The lowest BCUT2D eigenvalue weighted by Gasteiger charge is -2.40. The fourth-order valence-electron chi connectivity index (χ4n) is 3.38. The summed E-state index contributed by atoms with van der Waals surface area (Å²) >= 11 is 11.4. The van der Waals surface area contributed by atoms with E-state index in [1.54, 1.807) is 0 Å². The first-order valence-corrected chi connectivity index (χ1v) is 10.4. The molecule has 1 saturated heterocycles. The molecule has 0 bridgehead atoms. The minimum Gasteiger partial charge on any atom is -0.380 e. The highest BCUT2D eigenvalue weighted by molar-refractivity contribution is 6.30. The van der Waals surface area contributed by atoms with Gasteiger partial charge in [-0.05, 0) is 23.8 Å². The minimum atomic E-state index is -4.50. The fraction of sp³-hybridized carbons (Fsp3) is 0.381. The second-order valence-electron chi connectivity index (χ2n) is 7.32. The van der Waals surface area contributed by atoms with E-state index in [-0.39, 0.29) is 36.4 Å². The Morgan fingerprint density at radius 3 is 2.38 bits per heavy atom. The number of hydrogen-bond acceptors (Lipinski definition) is 4. The van der Waals surface area contributed by atoms with E-state index < -0.39 is 47.6 Å². The molecule has 1 aliphatic heterocycles. The van der Waals surface area contributed by atoms with Gasteiger partial charge in [0.2, 0.25) is 5.91 Å². The van der Waals surface area contributed by atoms with Crippen molar-refractivity contribution in [3.63, 3.8) is 0 Å². The van der Waals surface area contributed by atoms with Crippen molar-refractivity contribution in [2.75, 3.05) is 19.1 Å². The largest absolute Gasteiger partial charge is 0.416 e. The minimum absolute atomic E-state index is 0.0730. The summed E-state index contributed by atoms with van der Waals surface area (Å²) in [6.45, 7) is 0.255. The molecular weight excluding hydrogens is 475 g/mol. The second-order valence-corrected chi connectivity index (χ2v) is 8.02. The number of carbonyl (C=O) groups excluding carboxylic acids is 2. The number of alkyl halides is 4. The SMILES string of the molecule is O=C(Cc1ncc(Cl)cc1F)C(C1COC1)N(Cc1ccc(C(F)(F)F)cc1)C(=O)CCl. The lowest BCUT2D eigenvalue weighted by atomic mass is 9.90. The monoisotopic (exact) mass is 492 g/mol. The zero-order valence-electron chi connectivity index (χ0n) is 16.5. The van der Waals surface area contributed by atoms with E-state index in [2.05, 4.69) is 4.98 Å². The average Bonchev–Trinajstić information content (AvgIpc) is 2.70. The van der Waals surface area contributed by atoms with Gasteiger partial charge in [0.25, 0.3) is 0 Å². The normalized spacial score (nSPS) is 15.2. The van der Waals surface area contributed by atoms with Crippen molar-refractivity contribution in [3.8, 4) is 0 Å². The van der Waals surface area contributed by atoms with Crippen molar-refractivity contribution in [1.29, 1.82) is 0 Å². The summed E-state index contributed by atoms with van der Waals surface area (Å²) in [5.41, 5.74) is -0.580. The van der Waals surface area contributed by atoms with Gasteiger partial charge in [-0.1, -0.05) is 23.7 Å². The fourth-order valence-corrected chi connectivity index (χ4v) is 3.68. The van der Waals surface area contributed by atoms with Crippen LogP contribution in [0.5, 0.6) is 0 Å². The number of rotatable bonds is 8. The van der Waals surface area contributed by atoms with Crippen LogP contribution in [0, 0.1) is 11.7 Å². The van der Waals surface area contributed by atoms with E-state index in [4.69, 9.17) is 27.9 Å². The van der Waals surface area contributed by atoms with E-state index in [9.17, 15) is 27.2 Å². The Balaban J connectivity index is 1.87. The molecule has 32 heavy (non-hydrogen) atoms. The Morgan fingerprint density at radius 2 is 1.88 bits per heavy atom. The summed E-state index contributed by atoms with van der Waals surface area (Å²) < 4.78 is 57.8. The van der Waals surface area contributed by atoms with Gasteiger partial charge in [-0.2, -0.15) is 13.2 Å². The van der Waals surface area contributed by atoms with Crippen LogP contribution in [0.4, 0.5) is 17.6 Å². The number of Topliss-reactive ketones (excluding diaryl/α,β-unsaturated/α-hetero) is 1. The van der Waals surface area contributed by atoms with Crippen LogP contribution in [0.3, 0.4) is 0 Å². The van der Waals surface area contributed by atoms with Crippen LogP contribution < -0.4 is 0 Å². The van der Waals surface area contributed by atoms with Crippen LogP contribution >= 0.6 is 23.2 Å². The van der Waals surface area contributed by atoms with Gasteiger partial charge in [-0.25, -0.2) is 4.39 Å². The molecule has 0 N–H and O–H groups in total. The summed E-state index contributed by atoms with van der Waals surface area (Å²) in [7, 11) is 0. The summed E-state index contributed by atoms with van der Waals surface area (Å²) in [6.07, 6.45) is -3.69. The van der Waals surface area contributed by atoms with E-state index in [0.717, 1.165) is 18.2 Å². The maximum atomic E-state index is 14.2. The molecule has 5 nitrogen and oxygen atoms in total. The number of carbonyl (C=O) groups is 2. The number of aromatic nitrogens is 1. The number of ketones is 1. The van der Waals surface area contributed by atoms with E-state index >= 15 is 0 Å². The molecule has 0 spiro atoms. The van der Waals surface area contributed by atoms with Crippen LogP contribution in [-0.4, -0.2) is 46.7 Å². The zero-order valence-corrected chi connectivity index (χ0v) is 18.1. The van der Waals surface area contributed by atoms with Gasteiger partial charge in [-0.15, -0.1) is 11.6 Å². The van der Waals surface area contributed by atoms with Gasteiger partial charge in [-0.3, -0.25) is 14.6 Å². The number of hydrogen-bond donors (Lipinski definition) is 0. The third-order valence-corrected chi connectivity index (χ3v) is 5.51. The van der Waals surface area contributed by atoms with E-state index in [0.29, 0.717) is 5.56 Å². The Hall–Kier alpha value is -2.23. The molecule has 3 rings (SSSR count). The number of benzene rings is 1.